The lowest BCUT2D eigenvalue weighted by Gasteiger charge is -2.29. The fourth-order valence-corrected chi connectivity index (χ4v) is 5.67. The Balaban J connectivity index is 1.73. The quantitative estimate of drug-likeness (QED) is 0.567. The highest BCUT2D eigenvalue weighted by atomic mass is 32.2. The van der Waals surface area contributed by atoms with Gasteiger partial charge in [0.05, 0.1) is 19.8 Å². The van der Waals surface area contributed by atoms with E-state index in [1.165, 1.54) is 7.11 Å². The summed E-state index contributed by atoms with van der Waals surface area (Å²) in [6.07, 6.45) is 2.90. The summed E-state index contributed by atoms with van der Waals surface area (Å²) in [5.74, 6) is 0.623. The van der Waals surface area contributed by atoms with Gasteiger partial charge in [0.25, 0.3) is 5.91 Å². The number of unbranched alkanes of at least 4 members (excludes halogenated alkanes) is 1. The molecule has 0 radical (unpaired) electrons. The zero-order valence-electron chi connectivity index (χ0n) is 18.4. The van der Waals surface area contributed by atoms with Crippen LogP contribution in [-0.2, 0) is 9.53 Å². The third-order valence-corrected chi connectivity index (χ3v) is 7.09. The van der Waals surface area contributed by atoms with E-state index in [2.05, 4.69) is 12.2 Å². The Morgan fingerprint density at radius 2 is 1.93 bits per heavy atom. The highest BCUT2D eigenvalue weighted by Gasteiger charge is 2.58. The number of rotatable bonds is 10. The molecule has 2 aliphatic rings. The lowest BCUT2D eigenvalue weighted by Crippen LogP contribution is -2.52. The number of carbonyl (C=O) groups is 2. The van der Waals surface area contributed by atoms with E-state index in [1.54, 1.807) is 23.8 Å². The highest BCUT2D eigenvalue weighted by molar-refractivity contribution is 8.01. The lowest BCUT2D eigenvalue weighted by atomic mass is 10.0. The van der Waals surface area contributed by atoms with Gasteiger partial charge in [0, 0.05) is 30.1 Å². The van der Waals surface area contributed by atoms with Crippen LogP contribution in [0.3, 0.4) is 0 Å². The van der Waals surface area contributed by atoms with E-state index >= 15 is 0 Å². The van der Waals surface area contributed by atoms with Gasteiger partial charge in [0.1, 0.15) is 11.4 Å². The van der Waals surface area contributed by atoms with E-state index in [1.807, 2.05) is 26.0 Å². The van der Waals surface area contributed by atoms with Gasteiger partial charge in [-0.3, -0.25) is 9.59 Å². The number of ether oxygens (including phenoxy) is 3. The Labute approximate surface area is 182 Å². The molecule has 30 heavy (non-hydrogen) atoms. The fourth-order valence-electron chi connectivity index (χ4n) is 4.09. The number of hydrogen-bond acceptors (Lipinski definition) is 6. The van der Waals surface area contributed by atoms with Crippen molar-refractivity contribution in [3.63, 3.8) is 0 Å². The van der Waals surface area contributed by atoms with Crippen molar-refractivity contribution in [2.45, 2.75) is 56.2 Å². The zero-order chi connectivity index (χ0) is 21.9. The Morgan fingerprint density at radius 3 is 2.60 bits per heavy atom. The van der Waals surface area contributed by atoms with Crippen molar-refractivity contribution < 1.29 is 23.8 Å². The number of fused-ring (bicyclic) bond motifs is 3. The summed E-state index contributed by atoms with van der Waals surface area (Å²) < 4.78 is 16.0. The molecule has 0 saturated carbocycles. The van der Waals surface area contributed by atoms with Crippen molar-refractivity contribution in [3.05, 3.63) is 23.3 Å². The molecule has 0 aromatic heterocycles. The molecule has 7 nitrogen and oxygen atoms in total. The second kappa shape index (κ2) is 9.47. The van der Waals surface area contributed by atoms with E-state index in [0.29, 0.717) is 30.2 Å². The van der Waals surface area contributed by atoms with Crippen molar-refractivity contribution in [2.24, 2.45) is 0 Å². The minimum absolute atomic E-state index is 0.129. The molecule has 1 fully saturated rings. The van der Waals surface area contributed by atoms with Crippen LogP contribution in [-0.4, -0.2) is 61.5 Å². The SMILES string of the molecule is CCCCOCCCNC(=O)[C@@H]1N2C(=O)c3c(ccc(OC)c3OC)[C@H]2SC1(C)C. The first-order chi connectivity index (χ1) is 14.4. The first-order valence-electron chi connectivity index (χ1n) is 10.5. The summed E-state index contributed by atoms with van der Waals surface area (Å²) >= 11 is 1.63. The number of carbonyl (C=O) groups excluding carboxylic acids is 2. The molecule has 0 unspecified atom stereocenters. The number of nitrogens with zero attached hydrogens (tertiary/aromatic N) is 1. The molecule has 0 aliphatic carbocycles. The Kier molecular flexibility index (Phi) is 7.18. The lowest BCUT2D eigenvalue weighted by molar-refractivity contribution is -0.126. The minimum Gasteiger partial charge on any atom is -0.493 e. The number of nitrogens with one attached hydrogen (secondary N) is 1. The van der Waals surface area contributed by atoms with Crippen LogP contribution in [0.15, 0.2) is 12.1 Å². The molecule has 1 N–H and O–H groups in total. The molecule has 2 aliphatic heterocycles. The number of benzene rings is 1. The fraction of sp³-hybridized carbons (Fsp3) is 0.636. The maximum Gasteiger partial charge on any atom is 0.260 e. The number of hydrogen-bond donors (Lipinski definition) is 1. The first-order valence-corrected chi connectivity index (χ1v) is 11.4. The van der Waals surface area contributed by atoms with Gasteiger partial charge in [-0.15, -0.1) is 11.8 Å². The largest absolute Gasteiger partial charge is 0.493 e. The maximum absolute atomic E-state index is 13.4. The molecule has 1 aromatic carbocycles. The number of amides is 2. The topological polar surface area (TPSA) is 77.1 Å². The molecule has 2 amide bonds. The van der Waals surface area contributed by atoms with Gasteiger partial charge in [0.2, 0.25) is 5.91 Å². The van der Waals surface area contributed by atoms with Gasteiger partial charge < -0.3 is 24.4 Å². The van der Waals surface area contributed by atoms with E-state index in [9.17, 15) is 9.59 Å². The summed E-state index contributed by atoms with van der Waals surface area (Å²) in [5, 5.41) is 2.79. The van der Waals surface area contributed by atoms with Crippen LogP contribution in [0.1, 0.15) is 61.3 Å². The van der Waals surface area contributed by atoms with Crippen LogP contribution in [0.25, 0.3) is 0 Å². The van der Waals surface area contributed by atoms with Crippen LogP contribution < -0.4 is 14.8 Å². The van der Waals surface area contributed by atoms with E-state index in [4.69, 9.17) is 14.2 Å². The van der Waals surface area contributed by atoms with Crippen molar-refractivity contribution in [2.75, 3.05) is 34.0 Å². The van der Waals surface area contributed by atoms with E-state index in [-0.39, 0.29) is 17.2 Å². The second-order valence-electron chi connectivity index (χ2n) is 8.06. The standard InChI is InChI=1S/C22H32N2O5S/c1-6-7-12-29-13-8-11-23-19(25)18-22(2,3)30-21-14-9-10-15(27-4)17(28-5)16(14)20(26)24(18)21/h9-10,18,21H,6-8,11-13H2,1-5H3,(H,23,25)/t18-,21+/m0/s1. The molecule has 2 heterocycles. The highest BCUT2D eigenvalue weighted by Crippen LogP contribution is 2.58. The summed E-state index contributed by atoms with van der Waals surface area (Å²) in [4.78, 5) is 28.2. The average molecular weight is 437 g/mol. The molecule has 1 saturated heterocycles. The summed E-state index contributed by atoms with van der Waals surface area (Å²) in [7, 11) is 3.07. The minimum atomic E-state index is -0.566. The summed E-state index contributed by atoms with van der Waals surface area (Å²) in [6.45, 7) is 8.06. The van der Waals surface area contributed by atoms with Crippen LogP contribution in [0.5, 0.6) is 11.5 Å². The van der Waals surface area contributed by atoms with Gasteiger partial charge in [-0.25, -0.2) is 0 Å². The normalized spacial score (nSPS) is 21.4. The predicted octanol–water partition coefficient (Wildman–Crippen LogP) is 3.38. The Morgan fingerprint density at radius 1 is 1.20 bits per heavy atom. The van der Waals surface area contributed by atoms with Gasteiger partial charge in [0.15, 0.2) is 11.5 Å². The predicted molar refractivity (Wildman–Crippen MR) is 117 cm³/mol. The first kappa shape index (κ1) is 22.7. The summed E-state index contributed by atoms with van der Waals surface area (Å²) in [6, 6.07) is 3.15. The molecule has 8 heteroatoms. The van der Waals surface area contributed by atoms with Crippen molar-refractivity contribution in [1.82, 2.24) is 10.2 Å². The van der Waals surface area contributed by atoms with E-state index in [0.717, 1.165) is 31.4 Å². The smallest absolute Gasteiger partial charge is 0.260 e. The van der Waals surface area contributed by atoms with Gasteiger partial charge >= 0.3 is 0 Å². The average Bonchev–Trinajstić information content (AvgIpc) is 3.15. The molecule has 2 atom stereocenters. The van der Waals surface area contributed by atoms with Crippen molar-refractivity contribution in [3.8, 4) is 11.5 Å². The van der Waals surface area contributed by atoms with Gasteiger partial charge in [-0.1, -0.05) is 19.4 Å². The molecule has 0 bridgehead atoms. The molecule has 1 aromatic rings. The van der Waals surface area contributed by atoms with Crippen LogP contribution in [0.4, 0.5) is 0 Å². The number of thioether (sulfide) groups is 1. The van der Waals surface area contributed by atoms with Crippen LogP contribution in [0.2, 0.25) is 0 Å². The third-order valence-electron chi connectivity index (χ3n) is 5.55. The van der Waals surface area contributed by atoms with Crippen molar-refractivity contribution >= 4 is 23.6 Å². The maximum atomic E-state index is 13.4. The van der Waals surface area contributed by atoms with Crippen LogP contribution >= 0.6 is 11.8 Å². The van der Waals surface area contributed by atoms with E-state index < -0.39 is 10.8 Å². The van der Waals surface area contributed by atoms with Gasteiger partial charge in [-0.05, 0) is 32.8 Å². The molecule has 3 rings (SSSR count). The second-order valence-corrected chi connectivity index (χ2v) is 9.80. The zero-order valence-corrected chi connectivity index (χ0v) is 19.3. The van der Waals surface area contributed by atoms with Crippen LogP contribution in [0, 0.1) is 0 Å². The Bertz CT molecular complexity index is 798. The molecule has 0 spiro atoms. The summed E-state index contributed by atoms with van der Waals surface area (Å²) in [5.41, 5.74) is 1.36. The van der Waals surface area contributed by atoms with Gasteiger partial charge in [-0.2, -0.15) is 0 Å². The molecular weight excluding hydrogens is 404 g/mol. The van der Waals surface area contributed by atoms with Crippen molar-refractivity contribution in [1.29, 1.82) is 0 Å². The third kappa shape index (κ3) is 4.12. The number of methoxy groups -OCH3 is 2. The Hall–Kier alpha value is -1.93. The molecule has 166 valence electrons. The monoisotopic (exact) mass is 436 g/mol. The molecular formula is C22H32N2O5S.